The fourth-order valence-corrected chi connectivity index (χ4v) is 2.42. The Bertz CT molecular complexity index is 436. The van der Waals surface area contributed by atoms with Gasteiger partial charge in [0, 0.05) is 12.6 Å². The predicted molar refractivity (Wildman–Crippen MR) is 67.2 cm³/mol. The van der Waals surface area contributed by atoms with Gasteiger partial charge in [0.1, 0.15) is 5.82 Å². The smallest absolute Gasteiger partial charge is 0.179 e. The highest BCUT2D eigenvalue weighted by atomic mass is 19.1. The van der Waals surface area contributed by atoms with Gasteiger partial charge in [0.05, 0.1) is 18.2 Å². The van der Waals surface area contributed by atoms with Crippen molar-refractivity contribution in [3.05, 3.63) is 35.6 Å². The summed E-state index contributed by atoms with van der Waals surface area (Å²) in [6.45, 7) is 2.95. The first-order valence-corrected chi connectivity index (χ1v) is 6.19. The monoisotopic (exact) mass is 251 g/mol. The fourth-order valence-electron chi connectivity index (χ4n) is 2.42. The molecular formula is C14H18FNO2. The van der Waals surface area contributed by atoms with E-state index in [0.717, 1.165) is 13.0 Å². The predicted octanol–water partition coefficient (Wildman–Crippen LogP) is 2.12. The molecule has 0 saturated carbocycles. The summed E-state index contributed by atoms with van der Waals surface area (Å²) in [5.41, 5.74) is 0.163. The van der Waals surface area contributed by atoms with E-state index in [1.165, 1.54) is 12.1 Å². The van der Waals surface area contributed by atoms with Crippen molar-refractivity contribution in [1.82, 2.24) is 4.90 Å². The van der Waals surface area contributed by atoms with Gasteiger partial charge in [-0.05, 0) is 32.5 Å². The highest BCUT2D eigenvalue weighted by Crippen LogP contribution is 2.18. The molecule has 18 heavy (non-hydrogen) atoms. The molecule has 4 heteroatoms. The first kappa shape index (κ1) is 13.2. The van der Waals surface area contributed by atoms with Crippen molar-refractivity contribution < 1.29 is 13.9 Å². The quantitative estimate of drug-likeness (QED) is 0.768. The maximum Gasteiger partial charge on any atom is 0.179 e. The number of likely N-dealkylation sites (N-methyl/N-ethyl adjacent to an activating group) is 1. The van der Waals surface area contributed by atoms with E-state index in [2.05, 4.69) is 0 Å². The molecule has 0 aliphatic carbocycles. The van der Waals surface area contributed by atoms with E-state index in [0.29, 0.717) is 0 Å². The van der Waals surface area contributed by atoms with Gasteiger partial charge in [-0.25, -0.2) is 4.39 Å². The highest BCUT2D eigenvalue weighted by molar-refractivity contribution is 5.97. The molecule has 2 atom stereocenters. The van der Waals surface area contributed by atoms with Crippen LogP contribution in [-0.2, 0) is 4.74 Å². The summed E-state index contributed by atoms with van der Waals surface area (Å²) in [6.07, 6.45) is 1.05. The molecule has 98 valence electrons. The number of hydrogen-bond donors (Lipinski definition) is 0. The Kier molecular flexibility index (Phi) is 4.09. The number of carbonyl (C=O) groups excluding carboxylic acids is 1. The first-order chi connectivity index (χ1) is 8.59. The van der Waals surface area contributed by atoms with E-state index in [1.807, 2.05) is 18.9 Å². The average Bonchev–Trinajstić information content (AvgIpc) is 2.76. The zero-order valence-corrected chi connectivity index (χ0v) is 10.7. The Hall–Kier alpha value is -1.26. The number of carbonyl (C=O) groups is 1. The first-order valence-electron chi connectivity index (χ1n) is 6.19. The molecule has 0 amide bonds. The number of nitrogens with zero attached hydrogens (tertiary/aromatic N) is 1. The Morgan fingerprint density at radius 1 is 1.50 bits per heavy atom. The molecule has 1 aliphatic heterocycles. The average molecular weight is 251 g/mol. The van der Waals surface area contributed by atoms with E-state index >= 15 is 0 Å². The standard InChI is InChI=1S/C14H18FNO2/c1-10-13(7-8-18-10)16(2)9-14(17)11-5-3-4-6-12(11)15/h3-6,10,13H,7-9H2,1-2H3. The normalized spacial score (nSPS) is 23.6. The van der Waals surface area contributed by atoms with E-state index in [-0.39, 0.29) is 30.0 Å². The Morgan fingerprint density at radius 2 is 2.22 bits per heavy atom. The summed E-state index contributed by atoms with van der Waals surface area (Å²) in [7, 11) is 1.88. The third kappa shape index (κ3) is 2.76. The number of Topliss-reactive ketones (excluding diaryl/α,β-unsaturated/α-hetero) is 1. The van der Waals surface area contributed by atoms with Gasteiger partial charge in [-0.1, -0.05) is 12.1 Å². The highest BCUT2D eigenvalue weighted by Gasteiger charge is 2.29. The molecule has 1 fully saturated rings. The van der Waals surface area contributed by atoms with Gasteiger partial charge in [-0.3, -0.25) is 9.69 Å². The molecule has 0 N–H and O–H groups in total. The van der Waals surface area contributed by atoms with Gasteiger partial charge in [-0.15, -0.1) is 0 Å². The van der Waals surface area contributed by atoms with Crippen LogP contribution < -0.4 is 0 Å². The number of ketones is 1. The van der Waals surface area contributed by atoms with E-state index in [1.54, 1.807) is 12.1 Å². The lowest BCUT2D eigenvalue weighted by atomic mass is 10.1. The van der Waals surface area contributed by atoms with Crippen LogP contribution in [0.1, 0.15) is 23.7 Å². The molecule has 0 bridgehead atoms. The largest absolute Gasteiger partial charge is 0.377 e. The van der Waals surface area contributed by atoms with Crippen molar-refractivity contribution in [2.45, 2.75) is 25.5 Å². The van der Waals surface area contributed by atoms with E-state index in [4.69, 9.17) is 4.74 Å². The van der Waals surface area contributed by atoms with Gasteiger partial charge in [0.25, 0.3) is 0 Å². The molecular weight excluding hydrogens is 233 g/mol. The van der Waals surface area contributed by atoms with Gasteiger partial charge in [-0.2, -0.15) is 0 Å². The van der Waals surface area contributed by atoms with Crippen LogP contribution in [0.25, 0.3) is 0 Å². The summed E-state index contributed by atoms with van der Waals surface area (Å²) < 4.78 is 19.0. The fraction of sp³-hybridized carbons (Fsp3) is 0.500. The van der Waals surface area contributed by atoms with Crippen LogP contribution >= 0.6 is 0 Å². The summed E-state index contributed by atoms with van der Waals surface area (Å²) in [5.74, 6) is -0.638. The molecule has 1 saturated heterocycles. The van der Waals surface area contributed by atoms with Crippen molar-refractivity contribution in [3.63, 3.8) is 0 Å². The zero-order valence-electron chi connectivity index (χ0n) is 10.7. The molecule has 2 rings (SSSR count). The third-order valence-electron chi connectivity index (χ3n) is 3.47. The van der Waals surface area contributed by atoms with Crippen molar-refractivity contribution in [2.75, 3.05) is 20.2 Å². The lowest BCUT2D eigenvalue weighted by Gasteiger charge is -2.25. The van der Waals surface area contributed by atoms with Gasteiger partial charge >= 0.3 is 0 Å². The third-order valence-corrected chi connectivity index (χ3v) is 3.47. The molecule has 0 radical (unpaired) electrons. The molecule has 1 heterocycles. The van der Waals surface area contributed by atoms with Crippen LogP contribution in [0, 0.1) is 5.82 Å². The maximum atomic E-state index is 13.5. The van der Waals surface area contributed by atoms with Gasteiger partial charge < -0.3 is 4.74 Å². The Labute approximate surface area is 107 Å². The SMILES string of the molecule is CC1OCCC1N(C)CC(=O)c1ccccc1F. The minimum absolute atomic E-state index is 0.128. The Balaban J connectivity index is 2.01. The molecule has 3 nitrogen and oxygen atoms in total. The summed E-state index contributed by atoms with van der Waals surface area (Å²) >= 11 is 0. The zero-order chi connectivity index (χ0) is 13.1. The van der Waals surface area contributed by atoms with Crippen LogP contribution in [0.5, 0.6) is 0 Å². The lowest BCUT2D eigenvalue weighted by molar-refractivity contribution is 0.0744. The summed E-state index contributed by atoms with van der Waals surface area (Å²) in [6, 6.07) is 6.34. The minimum Gasteiger partial charge on any atom is -0.377 e. The Morgan fingerprint density at radius 3 is 2.83 bits per heavy atom. The topological polar surface area (TPSA) is 29.5 Å². The van der Waals surface area contributed by atoms with Gasteiger partial charge in [0.2, 0.25) is 0 Å². The van der Waals surface area contributed by atoms with Crippen molar-refractivity contribution in [1.29, 1.82) is 0 Å². The number of rotatable bonds is 4. The number of halogens is 1. The lowest BCUT2D eigenvalue weighted by Crippen LogP contribution is -2.40. The maximum absolute atomic E-state index is 13.5. The van der Waals surface area contributed by atoms with E-state index in [9.17, 15) is 9.18 Å². The summed E-state index contributed by atoms with van der Waals surface area (Å²) in [5, 5.41) is 0. The van der Waals surface area contributed by atoms with Crippen molar-refractivity contribution in [3.8, 4) is 0 Å². The molecule has 0 spiro atoms. The van der Waals surface area contributed by atoms with Crippen LogP contribution in [0.15, 0.2) is 24.3 Å². The number of ether oxygens (including phenoxy) is 1. The molecule has 1 aromatic rings. The molecule has 0 aromatic heterocycles. The summed E-state index contributed by atoms with van der Waals surface area (Å²) in [4.78, 5) is 14.0. The molecule has 1 aliphatic rings. The second-order valence-corrected chi connectivity index (χ2v) is 4.75. The van der Waals surface area contributed by atoms with Crippen molar-refractivity contribution >= 4 is 5.78 Å². The van der Waals surface area contributed by atoms with E-state index < -0.39 is 5.82 Å². The second kappa shape index (κ2) is 5.59. The van der Waals surface area contributed by atoms with Gasteiger partial charge in [0.15, 0.2) is 5.78 Å². The number of benzene rings is 1. The van der Waals surface area contributed by atoms with Crippen LogP contribution in [-0.4, -0.2) is 43.0 Å². The number of hydrogen-bond acceptors (Lipinski definition) is 3. The van der Waals surface area contributed by atoms with Crippen LogP contribution in [0.4, 0.5) is 4.39 Å². The van der Waals surface area contributed by atoms with Crippen LogP contribution in [0.3, 0.4) is 0 Å². The molecule has 1 aromatic carbocycles. The molecule has 2 unspecified atom stereocenters. The van der Waals surface area contributed by atoms with Crippen molar-refractivity contribution in [2.24, 2.45) is 0 Å². The van der Waals surface area contributed by atoms with Crippen LogP contribution in [0.2, 0.25) is 0 Å². The minimum atomic E-state index is -0.452. The second-order valence-electron chi connectivity index (χ2n) is 4.75.